The zero-order chi connectivity index (χ0) is 17.9. The topological polar surface area (TPSA) is 46.6 Å². The SMILES string of the molecule is O=C(OCC(=O)N1CCC[C@@H]2CCCC[C@@H]21)c1cccc2ccccc12. The molecule has 4 nitrogen and oxygen atoms in total. The zero-order valence-electron chi connectivity index (χ0n) is 15.0. The van der Waals surface area contributed by atoms with E-state index >= 15 is 0 Å². The lowest BCUT2D eigenvalue weighted by Crippen LogP contribution is -2.50. The maximum Gasteiger partial charge on any atom is 0.339 e. The molecule has 2 aromatic rings. The number of amides is 1. The van der Waals surface area contributed by atoms with Crippen molar-refractivity contribution in [2.24, 2.45) is 5.92 Å². The van der Waals surface area contributed by atoms with Gasteiger partial charge in [0.15, 0.2) is 6.61 Å². The van der Waals surface area contributed by atoms with Crippen LogP contribution in [0.4, 0.5) is 0 Å². The van der Waals surface area contributed by atoms with E-state index in [0.29, 0.717) is 17.5 Å². The van der Waals surface area contributed by atoms with Crippen LogP contribution in [0.2, 0.25) is 0 Å². The first-order valence-corrected chi connectivity index (χ1v) is 9.68. The van der Waals surface area contributed by atoms with Crippen LogP contribution in [0, 0.1) is 5.92 Å². The van der Waals surface area contributed by atoms with E-state index in [4.69, 9.17) is 4.74 Å². The lowest BCUT2D eigenvalue weighted by molar-refractivity contribution is -0.140. The van der Waals surface area contributed by atoms with Gasteiger partial charge < -0.3 is 9.64 Å². The van der Waals surface area contributed by atoms with Crippen molar-refractivity contribution >= 4 is 22.6 Å². The van der Waals surface area contributed by atoms with Crippen LogP contribution in [0.1, 0.15) is 48.9 Å². The van der Waals surface area contributed by atoms with E-state index in [0.717, 1.165) is 30.2 Å². The van der Waals surface area contributed by atoms with E-state index in [1.54, 1.807) is 6.07 Å². The van der Waals surface area contributed by atoms with Gasteiger partial charge in [0, 0.05) is 12.6 Å². The molecule has 4 heteroatoms. The molecular weight excluding hydrogens is 326 g/mol. The molecule has 1 saturated carbocycles. The van der Waals surface area contributed by atoms with Crippen molar-refractivity contribution in [3.05, 3.63) is 48.0 Å². The summed E-state index contributed by atoms with van der Waals surface area (Å²) in [5, 5.41) is 1.85. The van der Waals surface area contributed by atoms with E-state index in [9.17, 15) is 9.59 Å². The fourth-order valence-corrected chi connectivity index (χ4v) is 4.63. The number of carbonyl (C=O) groups is 2. The summed E-state index contributed by atoms with van der Waals surface area (Å²) in [5.74, 6) is 0.165. The quantitative estimate of drug-likeness (QED) is 0.780. The van der Waals surface area contributed by atoms with Gasteiger partial charge in [-0.3, -0.25) is 4.79 Å². The first-order valence-electron chi connectivity index (χ1n) is 9.68. The number of nitrogens with zero attached hydrogens (tertiary/aromatic N) is 1. The minimum Gasteiger partial charge on any atom is -0.452 e. The Balaban J connectivity index is 1.43. The molecule has 1 heterocycles. The lowest BCUT2D eigenvalue weighted by Gasteiger charge is -2.44. The molecule has 0 unspecified atom stereocenters. The monoisotopic (exact) mass is 351 g/mol. The number of esters is 1. The predicted molar refractivity (Wildman–Crippen MR) is 101 cm³/mol. The summed E-state index contributed by atoms with van der Waals surface area (Å²) in [4.78, 5) is 27.2. The predicted octanol–water partition coefficient (Wildman–Crippen LogP) is 4.18. The van der Waals surface area contributed by atoms with Gasteiger partial charge in [-0.2, -0.15) is 0 Å². The summed E-state index contributed by atoms with van der Waals surface area (Å²) >= 11 is 0. The van der Waals surface area contributed by atoms with Crippen LogP contribution in [-0.2, 0) is 9.53 Å². The molecule has 4 rings (SSSR count). The number of benzene rings is 2. The molecule has 1 saturated heterocycles. The van der Waals surface area contributed by atoms with Crippen LogP contribution in [0.15, 0.2) is 42.5 Å². The molecule has 2 fully saturated rings. The van der Waals surface area contributed by atoms with Crippen molar-refractivity contribution in [3.8, 4) is 0 Å². The van der Waals surface area contributed by atoms with Gasteiger partial charge in [0.1, 0.15) is 0 Å². The van der Waals surface area contributed by atoms with E-state index < -0.39 is 5.97 Å². The number of likely N-dealkylation sites (tertiary alicyclic amines) is 1. The number of rotatable bonds is 3. The molecule has 2 aliphatic rings. The molecule has 136 valence electrons. The molecule has 2 atom stereocenters. The van der Waals surface area contributed by atoms with Gasteiger partial charge in [-0.25, -0.2) is 4.79 Å². The van der Waals surface area contributed by atoms with E-state index in [-0.39, 0.29) is 12.5 Å². The normalized spacial score (nSPS) is 22.7. The Morgan fingerprint density at radius 2 is 1.73 bits per heavy atom. The molecule has 1 aliphatic carbocycles. The largest absolute Gasteiger partial charge is 0.452 e. The van der Waals surface area contributed by atoms with Gasteiger partial charge in [-0.1, -0.05) is 49.2 Å². The van der Waals surface area contributed by atoms with Crippen molar-refractivity contribution in [1.82, 2.24) is 4.90 Å². The number of carbonyl (C=O) groups excluding carboxylic acids is 2. The highest BCUT2D eigenvalue weighted by molar-refractivity contribution is 6.04. The highest BCUT2D eigenvalue weighted by atomic mass is 16.5. The van der Waals surface area contributed by atoms with E-state index in [1.165, 1.54) is 25.7 Å². The molecule has 0 N–H and O–H groups in total. The van der Waals surface area contributed by atoms with Gasteiger partial charge >= 0.3 is 5.97 Å². The second-order valence-electron chi connectivity index (χ2n) is 7.44. The Morgan fingerprint density at radius 1 is 0.962 bits per heavy atom. The zero-order valence-corrected chi connectivity index (χ0v) is 15.0. The second-order valence-corrected chi connectivity index (χ2v) is 7.44. The highest BCUT2D eigenvalue weighted by Crippen LogP contribution is 2.35. The fraction of sp³-hybridized carbons (Fsp3) is 0.455. The molecule has 0 aromatic heterocycles. The van der Waals surface area contributed by atoms with E-state index in [1.807, 2.05) is 41.3 Å². The van der Waals surface area contributed by atoms with Gasteiger partial charge in [-0.05, 0) is 48.4 Å². The summed E-state index contributed by atoms with van der Waals surface area (Å²) < 4.78 is 5.40. The van der Waals surface area contributed by atoms with Crippen LogP contribution in [0.5, 0.6) is 0 Å². The van der Waals surface area contributed by atoms with Crippen LogP contribution in [0.25, 0.3) is 10.8 Å². The van der Waals surface area contributed by atoms with E-state index in [2.05, 4.69) is 0 Å². The molecule has 0 bridgehead atoms. The molecule has 0 radical (unpaired) electrons. The third-order valence-corrected chi connectivity index (χ3v) is 5.90. The van der Waals surface area contributed by atoms with Crippen molar-refractivity contribution in [1.29, 1.82) is 0 Å². The molecule has 1 amide bonds. The Kier molecular flexibility index (Phi) is 4.91. The maximum atomic E-state index is 12.7. The number of fused-ring (bicyclic) bond motifs is 2. The Labute approximate surface area is 154 Å². The molecule has 0 spiro atoms. The third kappa shape index (κ3) is 3.33. The van der Waals surface area contributed by atoms with Crippen LogP contribution in [0.3, 0.4) is 0 Å². The Morgan fingerprint density at radius 3 is 2.65 bits per heavy atom. The number of ether oxygens (including phenoxy) is 1. The molecule has 26 heavy (non-hydrogen) atoms. The lowest BCUT2D eigenvalue weighted by atomic mass is 9.78. The average molecular weight is 351 g/mol. The van der Waals surface area contributed by atoms with Crippen molar-refractivity contribution in [3.63, 3.8) is 0 Å². The molecular formula is C22H25NO3. The van der Waals surface area contributed by atoms with Gasteiger partial charge in [0.05, 0.1) is 5.56 Å². The first kappa shape index (κ1) is 17.1. The van der Waals surface area contributed by atoms with Crippen LogP contribution < -0.4 is 0 Å². The summed E-state index contributed by atoms with van der Waals surface area (Å²) in [6.07, 6.45) is 7.08. The third-order valence-electron chi connectivity index (χ3n) is 5.90. The number of hydrogen-bond donors (Lipinski definition) is 0. The smallest absolute Gasteiger partial charge is 0.339 e. The molecule has 2 aromatic carbocycles. The number of hydrogen-bond acceptors (Lipinski definition) is 3. The maximum absolute atomic E-state index is 12.7. The van der Waals surface area contributed by atoms with Crippen LogP contribution >= 0.6 is 0 Å². The van der Waals surface area contributed by atoms with Crippen molar-refractivity contribution < 1.29 is 14.3 Å². The minimum atomic E-state index is -0.424. The summed E-state index contributed by atoms with van der Waals surface area (Å²) in [7, 11) is 0. The standard InChI is InChI=1S/C22H25NO3/c24-21(23-14-6-10-17-8-2-4-13-20(17)23)15-26-22(25)19-12-5-9-16-7-1-3-11-18(16)19/h1,3,5,7,9,11-12,17,20H,2,4,6,8,10,13-15H2/t17-,20-/m0/s1. The van der Waals surface area contributed by atoms with Crippen molar-refractivity contribution in [2.45, 2.75) is 44.6 Å². The summed E-state index contributed by atoms with van der Waals surface area (Å²) in [5.41, 5.74) is 0.519. The van der Waals surface area contributed by atoms with Gasteiger partial charge in [0.2, 0.25) is 0 Å². The van der Waals surface area contributed by atoms with Crippen LogP contribution in [-0.4, -0.2) is 36.0 Å². The Hall–Kier alpha value is -2.36. The Bertz CT molecular complexity index is 809. The second kappa shape index (κ2) is 7.48. The molecule has 1 aliphatic heterocycles. The minimum absolute atomic E-state index is 0.0461. The number of piperidine rings is 1. The summed E-state index contributed by atoms with van der Waals surface area (Å²) in [6, 6.07) is 13.6. The highest BCUT2D eigenvalue weighted by Gasteiger charge is 2.35. The van der Waals surface area contributed by atoms with Gasteiger partial charge in [0.25, 0.3) is 5.91 Å². The first-order chi connectivity index (χ1) is 12.7. The van der Waals surface area contributed by atoms with Gasteiger partial charge in [-0.15, -0.1) is 0 Å². The van der Waals surface area contributed by atoms with Crippen molar-refractivity contribution in [2.75, 3.05) is 13.2 Å². The summed E-state index contributed by atoms with van der Waals surface area (Å²) in [6.45, 7) is 0.636. The average Bonchev–Trinajstić information content (AvgIpc) is 2.71. The fourth-order valence-electron chi connectivity index (χ4n) is 4.63.